The molecule has 3 aromatic rings. The molecule has 1 aliphatic heterocycles. The lowest BCUT2D eigenvalue weighted by molar-refractivity contribution is -0.484. The van der Waals surface area contributed by atoms with Gasteiger partial charge in [0.05, 0.1) is 5.92 Å². The molecule has 0 saturated carbocycles. The van der Waals surface area contributed by atoms with E-state index in [1.165, 1.54) is 6.92 Å². The maximum absolute atomic E-state index is 12.6. The summed E-state index contributed by atoms with van der Waals surface area (Å²) >= 11 is 0. The smallest absolute Gasteiger partial charge is 0.286 e. The lowest BCUT2D eigenvalue weighted by Crippen LogP contribution is -2.58. The number of hydrogen-bond acceptors (Lipinski definition) is 5. The van der Waals surface area contributed by atoms with Crippen molar-refractivity contribution in [2.75, 3.05) is 5.32 Å². The summed E-state index contributed by atoms with van der Waals surface area (Å²) in [5.74, 6) is -3.05. The first kappa shape index (κ1) is 19.3. The number of benzene rings is 3. The van der Waals surface area contributed by atoms with Crippen LogP contribution in [-0.4, -0.2) is 16.8 Å². The van der Waals surface area contributed by atoms with E-state index in [1.807, 2.05) is 78.9 Å². The Morgan fingerprint density at radius 1 is 0.862 bits per heavy atom. The molecular formula is C24H23NO4. The second kappa shape index (κ2) is 7.79. The van der Waals surface area contributed by atoms with Gasteiger partial charge in [0.2, 0.25) is 0 Å². The molecule has 1 heterocycles. The number of carbonyl (C=O) groups excluding carboxylic acids is 1. The number of para-hydroxylation sites is 1. The topological polar surface area (TPSA) is 67.8 Å². The molecule has 0 spiro atoms. The minimum atomic E-state index is -1.99. The molecular weight excluding hydrogens is 366 g/mol. The maximum atomic E-state index is 12.6. The summed E-state index contributed by atoms with van der Waals surface area (Å²) in [6.45, 7) is 1.46. The van der Waals surface area contributed by atoms with Crippen molar-refractivity contribution in [3.63, 3.8) is 0 Å². The summed E-state index contributed by atoms with van der Waals surface area (Å²) in [5.41, 5.74) is 1.29. The van der Waals surface area contributed by atoms with Crippen molar-refractivity contribution in [3.8, 4) is 0 Å². The molecule has 3 aromatic carbocycles. The van der Waals surface area contributed by atoms with Crippen LogP contribution in [0.3, 0.4) is 0 Å². The first-order valence-corrected chi connectivity index (χ1v) is 9.57. The molecule has 1 fully saturated rings. The molecule has 0 aromatic heterocycles. The van der Waals surface area contributed by atoms with Crippen LogP contribution in [0.25, 0.3) is 0 Å². The van der Waals surface area contributed by atoms with Crippen molar-refractivity contribution >= 4 is 11.5 Å². The van der Waals surface area contributed by atoms with E-state index in [0.29, 0.717) is 5.69 Å². The third kappa shape index (κ3) is 3.68. The number of hydrogen-bond donors (Lipinski definition) is 2. The average molecular weight is 389 g/mol. The zero-order valence-electron chi connectivity index (χ0n) is 16.1. The predicted molar refractivity (Wildman–Crippen MR) is 110 cm³/mol. The number of rotatable bonds is 5. The van der Waals surface area contributed by atoms with Crippen LogP contribution in [0.2, 0.25) is 0 Å². The van der Waals surface area contributed by atoms with Gasteiger partial charge >= 0.3 is 0 Å². The second-order valence-corrected chi connectivity index (χ2v) is 7.28. The Kier molecular flexibility index (Phi) is 5.20. The van der Waals surface area contributed by atoms with Gasteiger partial charge in [-0.05, 0) is 30.2 Å². The van der Waals surface area contributed by atoms with Crippen LogP contribution in [0.15, 0.2) is 91.0 Å². The highest BCUT2D eigenvalue weighted by atomic mass is 17.2. The minimum Gasteiger partial charge on any atom is -0.346 e. The molecule has 4 rings (SSSR count). The molecule has 5 nitrogen and oxygen atoms in total. The first-order chi connectivity index (χ1) is 14.0. The Bertz CT molecular complexity index is 922. The van der Waals surface area contributed by atoms with Crippen molar-refractivity contribution in [3.05, 3.63) is 102 Å². The molecule has 1 aliphatic rings. The van der Waals surface area contributed by atoms with Gasteiger partial charge in [0, 0.05) is 12.1 Å². The van der Waals surface area contributed by atoms with Gasteiger partial charge in [-0.25, -0.2) is 4.89 Å². The molecule has 5 heteroatoms. The minimum absolute atomic E-state index is 0.199. The average Bonchev–Trinajstić information content (AvgIpc) is 2.76. The van der Waals surface area contributed by atoms with Crippen LogP contribution in [-0.2, 0) is 20.2 Å². The van der Waals surface area contributed by atoms with Gasteiger partial charge in [0.15, 0.2) is 5.60 Å². The normalized spacial score (nSPS) is 23.3. The number of aliphatic hydroxyl groups is 1. The standard InChI is InChI=1S/C24H23NO4/c1-18(26)22-17-23(19-11-5-2-6-12-19,20-13-7-3-8-14-20)28-29-24(22,27)25-21-15-9-4-10-16-21/h2-16,22,25,27H,17H2,1H3. The molecule has 2 unspecified atom stereocenters. The third-order valence-electron chi connectivity index (χ3n) is 5.34. The third-order valence-corrected chi connectivity index (χ3v) is 5.34. The SMILES string of the molecule is CC(=O)C1CC(c2ccccc2)(c2ccccc2)OOC1(O)Nc1ccccc1. The van der Waals surface area contributed by atoms with Gasteiger partial charge in [-0.1, -0.05) is 78.9 Å². The summed E-state index contributed by atoms with van der Waals surface area (Å²) < 4.78 is 0. The van der Waals surface area contributed by atoms with Gasteiger partial charge in [-0.3, -0.25) is 4.79 Å². The molecule has 148 valence electrons. The molecule has 2 N–H and O–H groups in total. The quantitative estimate of drug-likeness (QED) is 0.505. The first-order valence-electron chi connectivity index (χ1n) is 9.57. The Hall–Kier alpha value is -2.99. The second-order valence-electron chi connectivity index (χ2n) is 7.28. The summed E-state index contributed by atoms with van der Waals surface area (Å²) in [4.78, 5) is 24.2. The summed E-state index contributed by atoms with van der Waals surface area (Å²) in [5, 5.41) is 14.1. The zero-order valence-corrected chi connectivity index (χ0v) is 16.1. The van der Waals surface area contributed by atoms with Crippen molar-refractivity contribution in [2.45, 2.75) is 24.9 Å². The van der Waals surface area contributed by atoms with Crippen LogP contribution in [0.5, 0.6) is 0 Å². The van der Waals surface area contributed by atoms with Crippen LogP contribution in [0, 0.1) is 5.92 Å². The highest BCUT2D eigenvalue weighted by Gasteiger charge is 2.55. The van der Waals surface area contributed by atoms with Crippen LogP contribution in [0.1, 0.15) is 24.5 Å². The van der Waals surface area contributed by atoms with E-state index in [9.17, 15) is 9.90 Å². The molecule has 0 bridgehead atoms. The fraction of sp³-hybridized carbons (Fsp3) is 0.208. The van der Waals surface area contributed by atoms with Crippen molar-refractivity contribution in [1.82, 2.24) is 0 Å². The molecule has 0 radical (unpaired) electrons. The van der Waals surface area contributed by atoms with E-state index in [0.717, 1.165) is 11.1 Å². The fourth-order valence-electron chi connectivity index (χ4n) is 3.82. The van der Waals surface area contributed by atoms with E-state index in [2.05, 4.69) is 5.32 Å². The van der Waals surface area contributed by atoms with Gasteiger partial charge < -0.3 is 10.4 Å². The van der Waals surface area contributed by atoms with E-state index in [1.54, 1.807) is 12.1 Å². The lowest BCUT2D eigenvalue weighted by atomic mass is 9.76. The summed E-state index contributed by atoms with van der Waals surface area (Å²) in [6, 6.07) is 28.3. The Morgan fingerprint density at radius 3 is 1.83 bits per heavy atom. The molecule has 1 saturated heterocycles. The summed E-state index contributed by atoms with van der Waals surface area (Å²) in [6.07, 6.45) is 0.215. The Balaban J connectivity index is 1.76. The van der Waals surface area contributed by atoms with E-state index >= 15 is 0 Å². The van der Waals surface area contributed by atoms with Crippen LogP contribution >= 0.6 is 0 Å². The van der Waals surface area contributed by atoms with Crippen molar-refractivity contribution < 1.29 is 19.7 Å². The molecule has 2 atom stereocenters. The van der Waals surface area contributed by atoms with Crippen LogP contribution < -0.4 is 5.32 Å². The molecule has 29 heavy (non-hydrogen) atoms. The Morgan fingerprint density at radius 2 is 1.34 bits per heavy atom. The van der Waals surface area contributed by atoms with Crippen LogP contribution in [0.4, 0.5) is 5.69 Å². The van der Waals surface area contributed by atoms with Crippen molar-refractivity contribution in [2.24, 2.45) is 5.92 Å². The molecule has 0 amide bonds. The fourth-order valence-corrected chi connectivity index (χ4v) is 3.82. The largest absolute Gasteiger partial charge is 0.346 e. The van der Waals surface area contributed by atoms with E-state index in [4.69, 9.17) is 9.78 Å². The number of anilines is 1. The van der Waals surface area contributed by atoms with Gasteiger partial charge in [-0.15, -0.1) is 0 Å². The van der Waals surface area contributed by atoms with Gasteiger partial charge in [-0.2, -0.15) is 4.89 Å². The monoisotopic (exact) mass is 389 g/mol. The van der Waals surface area contributed by atoms with E-state index < -0.39 is 17.4 Å². The number of carbonyl (C=O) groups is 1. The number of ketones is 1. The highest BCUT2D eigenvalue weighted by molar-refractivity contribution is 5.80. The molecule has 0 aliphatic carbocycles. The summed E-state index contributed by atoms with van der Waals surface area (Å²) in [7, 11) is 0. The Labute approximate surface area is 169 Å². The lowest BCUT2D eigenvalue weighted by Gasteiger charge is -2.47. The predicted octanol–water partition coefficient (Wildman–Crippen LogP) is 4.25. The zero-order chi connectivity index (χ0) is 20.3. The highest BCUT2D eigenvalue weighted by Crippen LogP contribution is 2.47. The van der Waals surface area contributed by atoms with Gasteiger partial charge in [0.25, 0.3) is 5.91 Å². The van der Waals surface area contributed by atoms with Gasteiger partial charge in [0.1, 0.15) is 5.78 Å². The van der Waals surface area contributed by atoms with E-state index in [-0.39, 0.29) is 12.2 Å². The van der Waals surface area contributed by atoms with Crippen molar-refractivity contribution in [1.29, 1.82) is 0 Å². The number of Topliss-reactive ketones (excluding diaryl/α,β-unsaturated/α-hetero) is 1. The number of nitrogens with one attached hydrogen (secondary N) is 1. The maximum Gasteiger partial charge on any atom is 0.286 e.